The van der Waals surface area contributed by atoms with Crippen molar-refractivity contribution in [1.29, 1.82) is 0 Å². The molecule has 1 aromatic rings. The van der Waals surface area contributed by atoms with Crippen molar-refractivity contribution >= 4 is 5.91 Å². The van der Waals surface area contributed by atoms with Gasteiger partial charge in [0.15, 0.2) is 0 Å². The summed E-state index contributed by atoms with van der Waals surface area (Å²) >= 11 is 0. The van der Waals surface area contributed by atoms with Crippen molar-refractivity contribution in [2.24, 2.45) is 7.05 Å². The second-order valence-electron chi connectivity index (χ2n) is 4.13. The average Bonchev–Trinajstić information content (AvgIpc) is 2.55. The third-order valence-electron chi connectivity index (χ3n) is 2.69. The summed E-state index contributed by atoms with van der Waals surface area (Å²) in [7, 11) is 3.54. The first kappa shape index (κ1) is 12.7. The second-order valence-corrected chi connectivity index (χ2v) is 4.13. The van der Waals surface area contributed by atoms with Crippen LogP contribution in [0.1, 0.15) is 29.4 Å². The SMILES string of the molecule is Cc1c(C(=O)N(C)CCC(C)O)cnn1C. The van der Waals surface area contributed by atoms with Gasteiger partial charge >= 0.3 is 0 Å². The fourth-order valence-electron chi connectivity index (χ4n) is 1.40. The van der Waals surface area contributed by atoms with Crippen molar-refractivity contribution in [1.82, 2.24) is 14.7 Å². The van der Waals surface area contributed by atoms with E-state index in [2.05, 4.69) is 5.10 Å². The second kappa shape index (κ2) is 5.12. The number of aromatic nitrogens is 2. The van der Waals surface area contributed by atoms with Gasteiger partial charge in [0, 0.05) is 26.3 Å². The van der Waals surface area contributed by atoms with Gasteiger partial charge in [-0.3, -0.25) is 9.48 Å². The number of amides is 1. The summed E-state index contributed by atoms with van der Waals surface area (Å²) < 4.78 is 1.68. The van der Waals surface area contributed by atoms with Crippen molar-refractivity contribution in [2.45, 2.75) is 26.4 Å². The van der Waals surface area contributed by atoms with Crippen LogP contribution < -0.4 is 0 Å². The van der Waals surface area contributed by atoms with Crippen LogP contribution in [0.2, 0.25) is 0 Å². The first-order valence-electron chi connectivity index (χ1n) is 5.35. The minimum atomic E-state index is -0.384. The number of rotatable bonds is 4. The highest BCUT2D eigenvalue weighted by Gasteiger charge is 2.16. The topological polar surface area (TPSA) is 58.4 Å². The fourth-order valence-corrected chi connectivity index (χ4v) is 1.40. The summed E-state index contributed by atoms with van der Waals surface area (Å²) in [5.74, 6) is -0.0498. The van der Waals surface area contributed by atoms with Crippen LogP contribution in [0.3, 0.4) is 0 Å². The highest BCUT2D eigenvalue weighted by molar-refractivity contribution is 5.94. The Labute approximate surface area is 95.7 Å². The number of nitrogens with zero attached hydrogens (tertiary/aromatic N) is 3. The monoisotopic (exact) mass is 225 g/mol. The molecule has 0 bridgehead atoms. The van der Waals surface area contributed by atoms with E-state index in [0.717, 1.165) is 5.69 Å². The molecule has 0 saturated carbocycles. The predicted octanol–water partition coefficient (Wildman–Crippen LogP) is 0.571. The van der Waals surface area contributed by atoms with Gasteiger partial charge in [-0.2, -0.15) is 5.10 Å². The molecule has 5 heteroatoms. The zero-order valence-electron chi connectivity index (χ0n) is 10.3. The molecule has 0 fully saturated rings. The van der Waals surface area contributed by atoms with E-state index in [1.807, 2.05) is 14.0 Å². The predicted molar refractivity (Wildman–Crippen MR) is 61.2 cm³/mol. The molecule has 5 nitrogen and oxygen atoms in total. The van der Waals surface area contributed by atoms with Gasteiger partial charge in [-0.15, -0.1) is 0 Å². The van der Waals surface area contributed by atoms with Crippen LogP contribution in [0.25, 0.3) is 0 Å². The highest BCUT2D eigenvalue weighted by atomic mass is 16.3. The zero-order chi connectivity index (χ0) is 12.3. The van der Waals surface area contributed by atoms with Gasteiger partial charge in [-0.25, -0.2) is 0 Å². The van der Waals surface area contributed by atoms with E-state index >= 15 is 0 Å². The fraction of sp³-hybridized carbons (Fsp3) is 0.636. The molecule has 0 saturated heterocycles. The molecule has 1 atom stereocenters. The third-order valence-corrected chi connectivity index (χ3v) is 2.69. The summed E-state index contributed by atoms with van der Waals surface area (Å²) in [4.78, 5) is 13.6. The van der Waals surface area contributed by atoms with Crippen LogP contribution in [0.4, 0.5) is 0 Å². The number of carbonyl (C=O) groups excluding carboxylic acids is 1. The smallest absolute Gasteiger partial charge is 0.257 e. The molecule has 1 unspecified atom stereocenters. The molecule has 0 aliphatic carbocycles. The maximum atomic E-state index is 12.0. The Balaban J connectivity index is 2.67. The van der Waals surface area contributed by atoms with E-state index in [1.165, 1.54) is 0 Å². The molecule has 0 aliphatic heterocycles. The lowest BCUT2D eigenvalue weighted by Gasteiger charge is -2.17. The molecule has 0 aromatic carbocycles. The highest BCUT2D eigenvalue weighted by Crippen LogP contribution is 2.09. The van der Waals surface area contributed by atoms with Gasteiger partial charge in [0.2, 0.25) is 0 Å². The van der Waals surface area contributed by atoms with Gasteiger partial charge in [-0.1, -0.05) is 0 Å². The molecule has 1 rings (SSSR count). The minimum absolute atomic E-state index is 0.0498. The van der Waals surface area contributed by atoms with Crippen LogP contribution >= 0.6 is 0 Å². The molecular formula is C11H19N3O2. The summed E-state index contributed by atoms with van der Waals surface area (Å²) in [5, 5.41) is 13.2. The van der Waals surface area contributed by atoms with E-state index in [4.69, 9.17) is 5.11 Å². The molecule has 0 radical (unpaired) electrons. The van der Waals surface area contributed by atoms with Gasteiger partial charge < -0.3 is 10.0 Å². The van der Waals surface area contributed by atoms with Crippen molar-refractivity contribution in [3.8, 4) is 0 Å². The van der Waals surface area contributed by atoms with Crippen molar-refractivity contribution in [3.05, 3.63) is 17.5 Å². The van der Waals surface area contributed by atoms with E-state index in [0.29, 0.717) is 18.5 Å². The number of carbonyl (C=O) groups is 1. The molecule has 0 aliphatic rings. The average molecular weight is 225 g/mol. The van der Waals surface area contributed by atoms with Crippen molar-refractivity contribution in [2.75, 3.05) is 13.6 Å². The molecule has 90 valence electrons. The summed E-state index contributed by atoms with van der Waals surface area (Å²) in [6.45, 7) is 4.13. The van der Waals surface area contributed by atoms with Crippen LogP contribution in [0.15, 0.2) is 6.20 Å². The van der Waals surface area contributed by atoms with Gasteiger partial charge in [0.25, 0.3) is 5.91 Å². The number of hydrogen-bond acceptors (Lipinski definition) is 3. The molecule has 1 heterocycles. The lowest BCUT2D eigenvalue weighted by molar-refractivity contribution is 0.0768. The summed E-state index contributed by atoms with van der Waals surface area (Å²) in [6, 6.07) is 0. The van der Waals surface area contributed by atoms with Gasteiger partial charge in [-0.05, 0) is 20.3 Å². The first-order chi connectivity index (χ1) is 7.43. The van der Waals surface area contributed by atoms with Crippen LogP contribution in [0, 0.1) is 6.92 Å². The van der Waals surface area contributed by atoms with E-state index in [9.17, 15) is 4.79 Å². The van der Waals surface area contributed by atoms with Gasteiger partial charge in [0.1, 0.15) is 0 Å². The first-order valence-corrected chi connectivity index (χ1v) is 5.35. The van der Waals surface area contributed by atoms with Crippen LogP contribution in [0.5, 0.6) is 0 Å². The molecule has 16 heavy (non-hydrogen) atoms. The third kappa shape index (κ3) is 2.82. The van der Waals surface area contributed by atoms with Gasteiger partial charge in [0.05, 0.1) is 17.9 Å². The number of aryl methyl sites for hydroxylation is 1. The Morgan fingerprint density at radius 1 is 1.69 bits per heavy atom. The van der Waals surface area contributed by atoms with E-state index in [1.54, 1.807) is 29.7 Å². The largest absolute Gasteiger partial charge is 0.393 e. The van der Waals surface area contributed by atoms with E-state index < -0.39 is 0 Å². The standard InChI is InChI=1S/C11H19N3O2/c1-8(15)5-6-13(3)11(16)10-7-12-14(4)9(10)2/h7-8,15H,5-6H2,1-4H3. The molecular weight excluding hydrogens is 206 g/mol. The summed E-state index contributed by atoms with van der Waals surface area (Å²) in [5.41, 5.74) is 1.48. The maximum Gasteiger partial charge on any atom is 0.257 e. The Hall–Kier alpha value is -1.36. The molecule has 0 spiro atoms. The Bertz CT molecular complexity index is 371. The Kier molecular flexibility index (Phi) is 4.06. The van der Waals surface area contributed by atoms with E-state index in [-0.39, 0.29) is 12.0 Å². The maximum absolute atomic E-state index is 12.0. The lowest BCUT2D eigenvalue weighted by atomic mass is 10.2. The van der Waals surface area contributed by atoms with Crippen molar-refractivity contribution in [3.63, 3.8) is 0 Å². The Morgan fingerprint density at radius 2 is 2.31 bits per heavy atom. The normalized spacial score (nSPS) is 12.6. The molecule has 1 N–H and O–H groups in total. The van der Waals surface area contributed by atoms with Crippen molar-refractivity contribution < 1.29 is 9.90 Å². The number of hydrogen-bond donors (Lipinski definition) is 1. The zero-order valence-corrected chi connectivity index (χ0v) is 10.3. The summed E-state index contributed by atoms with van der Waals surface area (Å²) in [6.07, 6.45) is 1.78. The quantitative estimate of drug-likeness (QED) is 0.815. The molecule has 1 aromatic heterocycles. The minimum Gasteiger partial charge on any atom is -0.393 e. The lowest BCUT2D eigenvalue weighted by Crippen LogP contribution is -2.29. The number of aliphatic hydroxyl groups is 1. The Morgan fingerprint density at radius 3 is 2.75 bits per heavy atom. The number of aliphatic hydroxyl groups excluding tert-OH is 1. The van der Waals surface area contributed by atoms with Crippen LogP contribution in [-0.4, -0.2) is 45.4 Å². The molecule has 1 amide bonds. The van der Waals surface area contributed by atoms with Crippen LogP contribution in [-0.2, 0) is 7.05 Å².